The molecule has 20 heavy (non-hydrogen) atoms. The lowest BCUT2D eigenvalue weighted by atomic mass is 10.1. The van der Waals surface area contributed by atoms with Gasteiger partial charge in [-0.1, -0.05) is 6.07 Å². The van der Waals surface area contributed by atoms with E-state index in [4.69, 9.17) is 9.47 Å². The first-order chi connectivity index (χ1) is 9.70. The van der Waals surface area contributed by atoms with Crippen molar-refractivity contribution in [3.05, 3.63) is 41.2 Å². The molecule has 2 aromatic rings. The van der Waals surface area contributed by atoms with Crippen LogP contribution in [0, 0.1) is 13.8 Å². The Labute approximate surface area is 120 Å². The summed E-state index contributed by atoms with van der Waals surface area (Å²) >= 11 is 0. The Morgan fingerprint density at radius 1 is 1.15 bits per heavy atom. The van der Waals surface area contributed by atoms with Crippen molar-refractivity contribution >= 4 is 0 Å². The summed E-state index contributed by atoms with van der Waals surface area (Å²) in [5.41, 5.74) is 3.62. The van der Waals surface area contributed by atoms with Crippen molar-refractivity contribution in [2.24, 2.45) is 0 Å². The molecule has 0 amide bonds. The fraction of sp³-hybridized carbons (Fsp3) is 0.438. The van der Waals surface area contributed by atoms with Gasteiger partial charge < -0.3 is 9.47 Å². The number of rotatable bonds is 7. The number of hydrogen-bond donors (Lipinski definition) is 1. The monoisotopic (exact) mass is 274 g/mol. The van der Waals surface area contributed by atoms with Gasteiger partial charge in [-0.25, -0.2) is 0 Å². The molecule has 0 aliphatic heterocycles. The SMILES string of the molecule is COc1cccc(OCCCCc2c(C)n[nH]c2C)c1. The summed E-state index contributed by atoms with van der Waals surface area (Å²) in [7, 11) is 1.66. The Bertz CT molecular complexity index is 530. The van der Waals surface area contributed by atoms with Gasteiger partial charge in [-0.15, -0.1) is 0 Å². The molecule has 0 fully saturated rings. The summed E-state index contributed by atoms with van der Waals surface area (Å²) in [5.74, 6) is 1.69. The van der Waals surface area contributed by atoms with Crippen molar-refractivity contribution in [3.63, 3.8) is 0 Å². The first-order valence-electron chi connectivity index (χ1n) is 6.98. The van der Waals surface area contributed by atoms with Crippen LogP contribution < -0.4 is 9.47 Å². The number of nitrogens with one attached hydrogen (secondary N) is 1. The van der Waals surface area contributed by atoms with Gasteiger partial charge in [0.1, 0.15) is 11.5 Å². The van der Waals surface area contributed by atoms with Crippen LogP contribution >= 0.6 is 0 Å². The van der Waals surface area contributed by atoms with E-state index >= 15 is 0 Å². The zero-order chi connectivity index (χ0) is 14.4. The normalized spacial score (nSPS) is 10.6. The minimum Gasteiger partial charge on any atom is -0.497 e. The molecule has 0 atom stereocenters. The Morgan fingerprint density at radius 2 is 1.95 bits per heavy atom. The molecule has 2 rings (SSSR count). The van der Waals surface area contributed by atoms with Crippen LogP contribution in [-0.2, 0) is 6.42 Å². The van der Waals surface area contributed by atoms with Gasteiger partial charge in [-0.3, -0.25) is 5.10 Å². The Balaban J connectivity index is 1.71. The third-order valence-electron chi connectivity index (χ3n) is 3.41. The van der Waals surface area contributed by atoms with Crippen molar-refractivity contribution in [1.29, 1.82) is 0 Å². The minimum atomic E-state index is 0.725. The second-order valence-corrected chi connectivity index (χ2v) is 4.90. The number of benzene rings is 1. The minimum absolute atomic E-state index is 0.725. The Kier molecular flexibility index (Phi) is 5.04. The summed E-state index contributed by atoms with van der Waals surface area (Å²) in [5, 5.41) is 7.23. The molecule has 1 N–H and O–H groups in total. The molecule has 0 aliphatic carbocycles. The van der Waals surface area contributed by atoms with E-state index in [0.29, 0.717) is 0 Å². The lowest BCUT2D eigenvalue weighted by Crippen LogP contribution is -1.99. The van der Waals surface area contributed by atoms with E-state index in [2.05, 4.69) is 17.1 Å². The first-order valence-corrected chi connectivity index (χ1v) is 6.98. The number of aryl methyl sites for hydroxylation is 2. The van der Waals surface area contributed by atoms with Crippen LogP contribution in [0.15, 0.2) is 24.3 Å². The highest BCUT2D eigenvalue weighted by molar-refractivity contribution is 5.32. The number of aromatic nitrogens is 2. The van der Waals surface area contributed by atoms with Crippen molar-refractivity contribution in [1.82, 2.24) is 10.2 Å². The predicted octanol–water partition coefficient (Wildman–Crippen LogP) is 3.44. The van der Waals surface area contributed by atoms with E-state index in [9.17, 15) is 0 Å². The molecule has 4 heteroatoms. The van der Waals surface area contributed by atoms with Crippen molar-refractivity contribution < 1.29 is 9.47 Å². The molecule has 0 aliphatic rings. The fourth-order valence-electron chi connectivity index (χ4n) is 2.23. The molecule has 1 aromatic heterocycles. The number of hydrogen-bond acceptors (Lipinski definition) is 3. The van der Waals surface area contributed by atoms with Crippen molar-refractivity contribution in [2.75, 3.05) is 13.7 Å². The third-order valence-corrected chi connectivity index (χ3v) is 3.41. The van der Waals surface area contributed by atoms with E-state index in [1.165, 1.54) is 11.3 Å². The van der Waals surface area contributed by atoms with E-state index in [1.54, 1.807) is 7.11 Å². The van der Waals surface area contributed by atoms with Crippen LogP contribution in [0.5, 0.6) is 11.5 Å². The Morgan fingerprint density at radius 3 is 2.65 bits per heavy atom. The average Bonchev–Trinajstić information content (AvgIpc) is 2.78. The van der Waals surface area contributed by atoms with E-state index in [1.807, 2.05) is 31.2 Å². The lowest BCUT2D eigenvalue weighted by molar-refractivity contribution is 0.304. The molecular formula is C16H22N2O2. The predicted molar refractivity (Wildman–Crippen MR) is 79.5 cm³/mol. The summed E-state index contributed by atoms with van der Waals surface area (Å²) in [4.78, 5) is 0. The summed E-state index contributed by atoms with van der Waals surface area (Å²) < 4.78 is 10.9. The molecule has 0 unspecified atom stereocenters. The standard InChI is InChI=1S/C16H22N2O2/c1-12-16(13(2)18-17-12)9-4-5-10-20-15-8-6-7-14(11-15)19-3/h6-8,11H,4-5,9-10H2,1-3H3,(H,17,18). The van der Waals surface area contributed by atoms with Crippen LogP contribution in [-0.4, -0.2) is 23.9 Å². The number of aromatic amines is 1. The second kappa shape index (κ2) is 6.98. The van der Waals surface area contributed by atoms with Gasteiger partial charge in [0.25, 0.3) is 0 Å². The summed E-state index contributed by atoms with van der Waals surface area (Å²) in [6, 6.07) is 7.71. The number of methoxy groups -OCH3 is 1. The highest BCUT2D eigenvalue weighted by Crippen LogP contribution is 2.19. The third kappa shape index (κ3) is 3.76. The molecular weight excluding hydrogens is 252 g/mol. The maximum Gasteiger partial charge on any atom is 0.122 e. The number of nitrogens with zero attached hydrogens (tertiary/aromatic N) is 1. The molecule has 1 heterocycles. The van der Waals surface area contributed by atoms with Crippen LogP contribution in [0.25, 0.3) is 0 Å². The van der Waals surface area contributed by atoms with E-state index < -0.39 is 0 Å². The number of H-pyrrole nitrogens is 1. The lowest BCUT2D eigenvalue weighted by Gasteiger charge is -2.07. The van der Waals surface area contributed by atoms with Crippen LogP contribution in [0.1, 0.15) is 29.8 Å². The zero-order valence-corrected chi connectivity index (χ0v) is 12.4. The maximum absolute atomic E-state index is 5.72. The first kappa shape index (κ1) is 14.4. The molecule has 0 saturated carbocycles. The van der Waals surface area contributed by atoms with Crippen LogP contribution in [0.4, 0.5) is 0 Å². The van der Waals surface area contributed by atoms with Crippen LogP contribution in [0.3, 0.4) is 0 Å². The maximum atomic E-state index is 5.72. The second-order valence-electron chi connectivity index (χ2n) is 4.90. The van der Waals surface area contributed by atoms with Crippen molar-refractivity contribution in [2.45, 2.75) is 33.1 Å². The highest BCUT2D eigenvalue weighted by Gasteiger charge is 2.05. The molecule has 4 nitrogen and oxygen atoms in total. The quantitative estimate of drug-likeness (QED) is 0.787. The summed E-state index contributed by atoms with van der Waals surface area (Å²) in [6.07, 6.45) is 3.18. The molecule has 0 bridgehead atoms. The van der Waals surface area contributed by atoms with Crippen LogP contribution in [0.2, 0.25) is 0 Å². The highest BCUT2D eigenvalue weighted by atomic mass is 16.5. The van der Waals surface area contributed by atoms with Gasteiger partial charge >= 0.3 is 0 Å². The van der Waals surface area contributed by atoms with E-state index in [0.717, 1.165) is 43.1 Å². The van der Waals surface area contributed by atoms with Gasteiger partial charge in [-0.05, 0) is 50.8 Å². The molecule has 0 radical (unpaired) electrons. The number of unbranched alkanes of at least 4 members (excludes halogenated alkanes) is 1. The van der Waals surface area contributed by atoms with Gasteiger partial charge in [0.15, 0.2) is 0 Å². The van der Waals surface area contributed by atoms with E-state index in [-0.39, 0.29) is 0 Å². The fourth-order valence-corrected chi connectivity index (χ4v) is 2.23. The average molecular weight is 274 g/mol. The van der Waals surface area contributed by atoms with Crippen molar-refractivity contribution in [3.8, 4) is 11.5 Å². The molecule has 108 valence electrons. The van der Waals surface area contributed by atoms with Gasteiger partial charge in [-0.2, -0.15) is 5.10 Å². The smallest absolute Gasteiger partial charge is 0.122 e. The van der Waals surface area contributed by atoms with Gasteiger partial charge in [0.2, 0.25) is 0 Å². The molecule has 0 spiro atoms. The molecule has 0 saturated heterocycles. The number of ether oxygens (including phenoxy) is 2. The summed E-state index contributed by atoms with van der Waals surface area (Å²) in [6.45, 7) is 4.84. The zero-order valence-electron chi connectivity index (χ0n) is 12.4. The topological polar surface area (TPSA) is 47.1 Å². The van der Waals surface area contributed by atoms with Gasteiger partial charge in [0, 0.05) is 11.8 Å². The molecule has 1 aromatic carbocycles. The largest absolute Gasteiger partial charge is 0.497 e. The van der Waals surface area contributed by atoms with Gasteiger partial charge in [0.05, 0.1) is 19.4 Å². The Hall–Kier alpha value is -1.97.